The summed E-state index contributed by atoms with van der Waals surface area (Å²) in [6.45, 7) is 2.83. The van der Waals surface area contributed by atoms with Crippen molar-refractivity contribution in [3.8, 4) is 0 Å². The molecule has 0 bridgehead atoms. The lowest BCUT2D eigenvalue weighted by atomic mass is 10.2. The van der Waals surface area contributed by atoms with Crippen molar-refractivity contribution in [2.75, 3.05) is 18.9 Å². The summed E-state index contributed by atoms with van der Waals surface area (Å²) in [6, 6.07) is 6.05. The highest BCUT2D eigenvalue weighted by molar-refractivity contribution is 5.95. The number of benzene rings is 1. The van der Waals surface area contributed by atoms with Gasteiger partial charge in [-0.1, -0.05) is 13.3 Å². The minimum absolute atomic E-state index is 0.0194. The molecule has 1 aromatic rings. The van der Waals surface area contributed by atoms with Gasteiger partial charge in [0.1, 0.15) is 0 Å². The molecule has 0 saturated carbocycles. The van der Waals surface area contributed by atoms with Gasteiger partial charge in [-0.05, 0) is 30.7 Å². The van der Waals surface area contributed by atoms with Gasteiger partial charge in [0.05, 0.1) is 0 Å². The molecule has 0 radical (unpaired) electrons. The Labute approximate surface area is 107 Å². The molecule has 0 aromatic heterocycles. The molecule has 0 fully saturated rings. The van der Waals surface area contributed by atoms with Crippen LogP contribution in [-0.2, 0) is 0 Å². The Kier molecular flexibility index (Phi) is 5.17. The molecule has 3 amide bonds. The van der Waals surface area contributed by atoms with Gasteiger partial charge in [-0.15, -0.1) is 0 Å². The highest BCUT2D eigenvalue weighted by atomic mass is 16.2. The fraction of sp³-hybridized carbons (Fsp3) is 0.385. The van der Waals surface area contributed by atoms with Crippen LogP contribution in [0.5, 0.6) is 0 Å². The molecule has 0 unspecified atom stereocenters. The van der Waals surface area contributed by atoms with Crippen LogP contribution in [0.3, 0.4) is 0 Å². The number of nitrogens with zero attached hydrogens (tertiary/aromatic N) is 1. The topological polar surface area (TPSA) is 75.4 Å². The zero-order chi connectivity index (χ0) is 13.5. The summed E-state index contributed by atoms with van der Waals surface area (Å²) in [7, 11) is 1.79. The van der Waals surface area contributed by atoms with E-state index < -0.39 is 6.03 Å². The molecule has 18 heavy (non-hydrogen) atoms. The number of anilines is 1. The Balaban J connectivity index is 2.66. The van der Waals surface area contributed by atoms with Gasteiger partial charge in [-0.25, -0.2) is 4.79 Å². The third kappa shape index (κ3) is 4.08. The Morgan fingerprint density at radius 1 is 1.28 bits per heavy atom. The summed E-state index contributed by atoms with van der Waals surface area (Å²) in [6.07, 6.45) is 2.04. The van der Waals surface area contributed by atoms with Crippen molar-refractivity contribution in [3.63, 3.8) is 0 Å². The van der Waals surface area contributed by atoms with Crippen LogP contribution in [0.15, 0.2) is 24.3 Å². The smallest absolute Gasteiger partial charge is 0.316 e. The SMILES string of the molecule is CCCCN(C)C(=O)c1ccc(NC(N)=O)cc1. The average Bonchev–Trinajstić information content (AvgIpc) is 2.35. The molecule has 1 rings (SSSR count). The number of urea groups is 1. The molecule has 5 heteroatoms. The molecule has 0 atom stereocenters. The number of amides is 3. The van der Waals surface area contributed by atoms with Crippen LogP contribution in [0.4, 0.5) is 10.5 Å². The maximum absolute atomic E-state index is 12.0. The molecule has 0 spiro atoms. The number of primary amides is 1. The number of carbonyl (C=O) groups excluding carboxylic acids is 2. The lowest BCUT2D eigenvalue weighted by molar-refractivity contribution is 0.0793. The number of carbonyl (C=O) groups is 2. The minimum Gasteiger partial charge on any atom is -0.351 e. The number of nitrogens with one attached hydrogen (secondary N) is 1. The highest BCUT2D eigenvalue weighted by Gasteiger charge is 2.10. The van der Waals surface area contributed by atoms with E-state index >= 15 is 0 Å². The average molecular weight is 249 g/mol. The summed E-state index contributed by atoms with van der Waals surface area (Å²) in [5.41, 5.74) is 6.18. The molecule has 0 aliphatic carbocycles. The molecule has 0 aliphatic rings. The van der Waals surface area contributed by atoms with E-state index in [0.717, 1.165) is 19.4 Å². The third-order valence-corrected chi connectivity index (χ3v) is 2.59. The van der Waals surface area contributed by atoms with Crippen molar-refractivity contribution < 1.29 is 9.59 Å². The fourth-order valence-electron chi connectivity index (χ4n) is 1.56. The van der Waals surface area contributed by atoms with Gasteiger partial charge < -0.3 is 16.0 Å². The predicted molar refractivity (Wildman–Crippen MR) is 71.5 cm³/mol. The van der Waals surface area contributed by atoms with Gasteiger partial charge >= 0.3 is 6.03 Å². The number of nitrogens with two attached hydrogens (primary N) is 1. The zero-order valence-corrected chi connectivity index (χ0v) is 10.8. The highest BCUT2D eigenvalue weighted by Crippen LogP contribution is 2.11. The fourth-order valence-corrected chi connectivity index (χ4v) is 1.56. The van der Waals surface area contributed by atoms with Crippen molar-refractivity contribution in [1.82, 2.24) is 4.90 Å². The normalized spacial score (nSPS) is 9.89. The molecule has 0 aliphatic heterocycles. The third-order valence-electron chi connectivity index (χ3n) is 2.59. The van der Waals surface area contributed by atoms with E-state index in [1.54, 1.807) is 36.2 Å². The predicted octanol–water partition coefficient (Wildman–Crippen LogP) is 2.05. The lowest BCUT2D eigenvalue weighted by Gasteiger charge is -2.16. The summed E-state index contributed by atoms with van der Waals surface area (Å²) < 4.78 is 0. The monoisotopic (exact) mass is 249 g/mol. The molecule has 5 nitrogen and oxygen atoms in total. The second kappa shape index (κ2) is 6.64. The van der Waals surface area contributed by atoms with Crippen LogP contribution in [0.2, 0.25) is 0 Å². The number of unbranched alkanes of at least 4 members (excludes halogenated alkanes) is 1. The molecule has 1 aromatic carbocycles. The van der Waals surface area contributed by atoms with Crippen molar-refractivity contribution in [3.05, 3.63) is 29.8 Å². The summed E-state index contributed by atoms with van der Waals surface area (Å²) in [4.78, 5) is 24.3. The van der Waals surface area contributed by atoms with Crippen LogP contribution in [-0.4, -0.2) is 30.4 Å². The number of rotatable bonds is 5. The van der Waals surface area contributed by atoms with E-state index in [1.807, 2.05) is 0 Å². The van der Waals surface area contributed by atoms with Crippen LogP contribution in [0.1, 0.15) is 30.1 Å². The van der Waals surface area contributed by atoms with E-state index in [4.69, 9.17) is 5.73 Å². The van der Waals surface area contributed by atoms with Crippen LogP contribution in [0.25, 0.3) is 0 Å². The lowest BCUT2D eigenvalue weighted by Crippen LogP contribution is -2.27. The quantitative estimate of drug-likeness (QED) is 0.838. The molecular formula is C13H19N3O2. The largest absolute Gasteiger partial charge is 0.351 e. The maximum atomic E-state index is 12.0. The molecule has 0 saturated heterocycles. The number of hydrogen-bond donors (Lipinski definition) is 2. The Hall–Kier alpha value is -2.04. The van der Waals surface area contributed by atoms with E-state index in [2.05, 4.69) is 12.2 Å². The van der Waals surface area contributed by atoms with E-state index in [1.165, 1.54) is 0 Å². The molecule has 3 N–H and O–H groups in total. The standard InChI is InChI=1S/C13H19N3O2/c1-3-4-9-16(2)12(17)10-5-7-11(8-6-10)15-13(14)18/h5-8H,3-4,9H2,1-2H3,(H3,14,15,18). The molecule has 0 heterocycles. The second-order valence-electron chi connectivity index (χ2n) is 4.15. The number of hydrogen-bond acceptors (Lipinski definition) is 2. The van der Waals surface area contributed by atoms with Crippen molar-refractivity contribution >= 4 is 17.6 Å². The summed E-state index contributed by atoms with van der Waals surface area (Å²) in [5, 5.41) is 2.45. The maximum Gasteiger partial charge on any atom is 0.316 e. The van der Waals surface area contributed by atoms with Gasteiger partial charge in [0.2, 0.25) is 0 Å². The molecular weight excluding hydrogens is 230 g/mol. The van der Waals surface area contributed by atoms with Crippen LogP contribution in [0, 0.1) is 0 Å². The Bertz CT molecular complexity index is 415. The Morgan fingerprint density at radius 3 is 2.39 bits per heavy atom. The first-order chi connectivity index (χ1) is 8.54. The zero-order valence-electron chi connectivity index (χ0n) is 10.8. The second-order valence-corrected chi connectivity index (χ2v) is 4.15. The van der Waals surface area contributed by atoms with Gasteiger partial charge in [-0.2, -0.15) is 0 Å². The van der Waals surface area contributed by atoms with E-state index in [9.17, 15) is 9.59 Å². The van der Waals surface area contributed by atoms with Crippen LogP contribution >= 0.6 is 0 Å². The van der Waals surface area contributed by atoms with E-state index in [0.29, 0.717) is 11.3 Å². The van der Waals surface area contributed by atoms with Crippen LogP contribution < -0.4 is 11.1 Å². The summed E-state index contributed by atoms with van der Waals surface area (Å²) >= 11 is 0. The van der Waals surface area contributed by atoms with Gasteiger partial charge in [0, 0.05) is 24.8 Å². The first kappa shape index (κ1) is 14.0. The van der Waals surface area contributed by atoms with Gasteiger partial charge in [-0.3, -0.25) is 4.79 Å². The summed E-state index contributed by atoms with van der Waals surface area (Å²) in [5.74, 6) is -0.0194. The van der Waals surface area contributed by atoms with Gasteiger partial charge in [0.15, 0.2) is 0 Å². The van der Waals surface area contributed by atoms with Crippen molar-refractivity contribution in [2.45, 2.75) is 19.8 Å². The Morgan fingerprint density at radius 2 is 1.89 bits per heavy atom. The van der Waals surface area contributed by atoms with Gasteiger partial charge in [0.25, 0.3) is 5.91 Å². The first-order valence-corrected chi connectivity index (χ1v) is 5.96. The first-order valence-electron chi connectivity index (χ1n) is 5.96. The van der Waals surface area contributed by atoms with Crippen molar-refractivity contribution in [2.24, 2.45) is 5.73 Å². The minimum atomic E-state index is -0.617. The van der Waals surface area contributed by atoms with Crippen molar-refractivity contribution in [1.29, 1.82) is 0 Å². The molecule has 98 valence electrons. The van der Waals surface area contributed by atoms with E-state index in [-0.39, 0.29) is 5.91 Å².